The fourth-order valence-electron chi connectivity index (χ4n) is 2.36. The van der Waals surface area contributed by atoms with Gasteiger partial charge in [0.2, 0.25) is 5.91 Å². The van der Waals surface area contributed by atoms with E-state index in [0.717, 1.165) is 12.0 Å². The van der Waals surface area contributed by atoms with E-state index in [1.54, 1.807) is 0 Å². The molecular weight excluding hydrogens is 258 g/mol. The van der Waals surface area contributed by atoms with E-state index in [1.807, 2.05) is 37.3 Å². The Morgan fingerprint density at radius 2 is 1.76 bits per heavy atom. The van der Waals surface area contributed by atoms with Crippen LogP contribution in [0.4, 0.5) is 0 Å². The van der Waals surface area contributed by atoms with E-state index in [0.29, 0.717) is 6.42 Å². The van der Waals surface area contributed by atoms with Crippen molar-refractivity contribution in [3.63, 3.8) is 0 Å². The minimum atomic E-state index is 0.0541. The molecule has 2 heteroatoms. The van der Waals surface area contributed by atoms with Gasteiger partial charge in [-0.05, 0) is 49.4 Å². The fourth-order valence-corrected chi connectivity index (χ4v) is 2.36. The summed E-state index contributed by atoms with van der Waals surface area (Å²) in [6.07, 6.45) is 1.31. The average molecular weight is 281 g/mol. The Hall–Kier alpha value is -2.09. The van der Waals surface area contributed by atoms with Crippen LogP contribution in [0.1, 0.15) is 41.6 Å². The maximum absolute atomic E-state index is 12.0. The third-order valence-electron chi connectivity index (χ3n) is 3.89. The van der Waals surface area contributed by atoms with Crippen LogP contribution in [0, 0.1) is 13.8 Å². The molecule has 1 atom stereocenters. The molecule has 2 aromatic rings. The molecule has 1 N–H and O–H groups in total. The van der Waals surface area contributed by atoms with Gasteiger partial charge in [0.15, 0.2) is 0 Å². The molecule has 2 rings (SSSR count). The molecule has 0 aliphatic rings. The van der Waals surface area contributed by atoms with Crippen molar-refractivity contribution in [2.75, 3.05) is 0 Å². The first-order valence-corrected chi connectivity index (χ1v) is 7.46. The molecule has 0 fully saturated rings. The lowest BCUT2D eigenvalue weighted by Crippen LogP contribution is -2.26. The van der Waals surface area contributed by atoms with Crippen LogP contribution in [0.3, 0.4) is 0 Å². The average Bonchev–Trinajstić information content (AvgIpc) is 2.49. The summed E-state index contributed by atoms with van der Waals surface area (Å²) in [5.41, 5.74) is 4.93. The molecule has 0 aromatic heterocycles. The number of nitrogens with one attached hydrogen (secondary N) is 1. The molecule has 0 heterocycles. The van der Waals surface area contributed by atoms with Crippen molar-refractivity contribution in [2.24, 2.45) is 0 Å². The molecule has 110 valence electrons. The van der Waals surface area contributed by atoms with Gasteiger partial charge in [0.25, 0.3) is 0 Å². The fraction of sp³-hybridized carbons (Fsp3) is 0.316. The van der Waals surface area contributed by atoms with Crippen molar-refractivity contribution in [2.45, 2.75) is 39.7 Å². The summed E-state index contributed by atoms with van der Waals surface area (Å²) in [5, 5.41) is 3.05. The monoisotopic (exact) mass is 281 g/mol. The molecule has 0 bridgehead atoms. The summed E-state index contributed by atoms with van der Waals surface area (Å²) in [6, 6.07) is 16.5. The maximum atomic E-state index is 12.0. The standard InChI is InChI=1S/C19H23NO/c1-14-9-10-17(13-15(14)2)11-12-19(21)20-16(3)18-7-5-4-6-8-18/h4-10,13,16H,11-12H2,1-3H3,(H,20,21)/t16-/m0/s1. The number of carbonyl (C=O) groups is 1. The second-order valence-corrected chi connectivity index (χ2v) is 5.62. The summed E-state index contributed by atoms with van der Waals surface area (Å²) in [6.45, 7) is 6.23. The van der Waals surface area contributed by atoms with Gasteiger partial charge >= 0.3 is 0 Å². The number of amides is 1. The minimum Gasteiger partial charge on any atom is -0.350 e. The molecule has 0 unspecified atom stereocenters. The number of aryl methyl sites for hydroxylation is 3. The van der Waals surface area contributed by atoms with Crippen LogP contribution in [-0.2, 0) is 11.2 Å². The smallest absolute Gasteiger partial charge is 0.220 e. The van der Waals surface area contributed by atoms with Gasteiger partial charge in [0, 0.05) is 6.42 Å². The number of hydrogen-bond acceptors (Lipinski definition) is 1. The summed E-state index contributed by atoms with van der Waals surface area (Å²) in [4.78, 5) is 12.0. The van der Waals surface area contributed by atoms with Crippen molar-refractivity contribution >= 4 is 5.91 Å². The van der Waals surface area contributed by atoms with Crippen LogP contribution in [0.5, 0.6) is 0 Å². The summed E-state index contributed by atoms with van der Waals surface area (Å²) >= 11 is 0. The van der Waals surface area contributed by atoms with Crippen LogP contribution >= 0.6 is 0 Å². The minimum absolute atomic E-state index is 0.0541. The molecule has 0 aliphatic heterocycles. The molecule has 2 nitrogen and oxygen atoms in total. The SMILES string of the molecule is Cc1ccc(CCC(=O)N[C@@H](C)c2ccccc2)cc1C. The highest BCUT2D eigenvalue weighted by Crippen LogP contribution is 2.13. The topological polar surface area (TPSA) is 29.1 Å². The number of carbonyl (C=O) groups excluding carboxylic acids is 1. The van der Waals surface area contributed by atoms with Gasteiger partial charge in [0.1, 0.15) is 0 Å². The molecule has 2 aromatic carbocycles. The summed E-state index contributed by atoms with van der Waals surface area (Å²) < 4.78 is 0. The van der Waals surface area contributed by atoms with Gasteiger partial charge in [0.05, 0.1) is 6.04 Å². The van der Waals surface area contributed by atoms with Crippen LogP contribution in [-0.4, -0.2) is 5.91 Å². The van der Waals surface area contributed by atoms with Crippen molar-refractivity contribution in [3.8, 4) is 0 Å². The Morgan fingerprint density at radius 1 is 1.05 bits per heavy atom. The van der Waals surface area contributed by atoms with E-state index in [2.05, 4.69) is 37.4 Å². The van der Waals surface area contributed by atoms with Crippen LogP contribution in [0.25, 0.3) is 0 Å². The van der Waals surface area contributed by atoms with Gasteiger partial charge in [-0.25, -0.2) is 0 Å². The van der Waals surface area contributed by atoms with Crippen LogP contribution in [0.15, 0.2) is 48.5 Å². The third kappa shape index (κ3) is 4.45. The first-order valence-electron chi connectivity index (χ1n) is 7.46. The van der Waals surface area contributed by atoms with Crippen molar-refractivity contribution in [1.29, 1.82) is 0 Å². The second kappa shape index (κ2) is 7.07. The molecule has 0 saturated heterocycles. The summed E-state index contributed by atoms with van der Waals surface area (Å²) in [5.74, 6) is 0.101. The number of benzene rings is 2. The van der Waals surface area contributed by atoms with E-state index in [1.165, 1.54) is 16.7 Å². The van der Waals surface area contributed by atoms with Crippen LogP contribution in [0.2, 0.25) is 0 Å². The van der Waals surface area contributed by atoms with Gasteiger partial charge < -0.3 is 5.32 Å². The molecular formula is C19H23NO. The molecule has 1 amide bonds. The quantitative estimate of drug-likeness (QED) is 0.878. The lowest BCUT2D eigenvalue weighted by Gasteiger charge is -2.14. The third-order valence-corrected chi connectivity index (χ3v) is 3.89. The first kappa shape index (κ1) is 15.3. The van der Waals surface area contributed by atoms with E-state index in [-0.39, 0.29) is 11.9 Å². The largest absolute Gasteiger partial charge is 0.350 e. The van der Waals surface area contributed by atoms with Crippen molar-refractivity contribution in [3.05, 3.63) is 70.8 Å². The molecule has 0 saturated carbocycles. The van der Waals surface area contributed by atoms with Crippen molar-refractivity contribution in [1.82, 2.24) is 5.32 Å². The zero-order valence-corrected chi connectivity index (χ0v) is 13.0. The highest BCUT2D eigenvalue weighted by Gasteiger charge is 2.09. The first-order chi connectivity index (χ1) is 10.1. The highest BCUT2D eigenvalue weighted by atomic mass is 16.1. The second-order valence-electron chi connectivity index (χ2n) is 5.62. The Morgan fingerprint density at radius 3 is 2.43 bits per heavy atom. The van der Waals surface area contributed by atoms with Crippen LogP contribution < -0.4 is 5.32 Å². The van der Waals surface area contributed by atoms with Gasteiger partial charge in [-0.3, -0.25) is 4.79 Å². The van der Waals surface area contributed by atoms with Gasteiger partial charge in [-0.2, -0.15) is 0 Å². The van der Waals surface area contributed by atoms with Gasteiger partial charge in [-0.15, -0.1) is 0 Å². The predicted octanol–water partition coefficient (Wildman–Crippen LogP) is 4.11. The number of rotatable bonds is 5. The van der Waals surface area contributed by atoms with E-state index >= 15 is 0 Å². The zero-order chi connectivity index (χ0) is 15.2. The maximum Gasteiger partial charge on any atom is 0.220 e. The molecule has 0 aliphatic carbocycles. The predicted molar refractivity (Wildman–Crippen MR) is 87.2 cm³/mol. The highest BCUT2D eigenvalue weighted by molar-refractivity contribution is 5.76. The van der Waals surface area contributed by atoms with Crippen molar-refractivity contribution < 1.29 is 4.79 Å². The molecule has 0 radical (unpaired) electrons. The Bertz CT molecular complexity index is 604. The lowest BCUT2D eigenvalue weighted by molar-refractivity contribution is -0.121. The molecule has 0 spiro atoms. The normalized spacial score (nSPS) is 12.0. The Balaban J connectivity index is 1.86. The number of hydrogen-bond donors (Lipinski definition) is 1. The van der Waals surface area contributed by atoms with E-state index < -0.39 is 0 Å². The van der Waals surface area contributed by atoms with E-state index in [9.17, 15) is 4.79 Å². The molecule has 21 heavy (non-hydrogen) atoms. The Labute approximate surface area is 127 Å². The van der Waals surface area contributed by atoms with E-state index in [4.69, 9.17) is 0 Å². The summed E-state index contributed by atoms with van der Waals surface area (Å²) in [7, 11) is 0. The lowest BCUT2D eigenvalue weighted by atomic mass is 10.0. The van der Waals surface area contributed by atoms with Gasteiger partial charge in [-0.1, -0.05) is 48.5 Å². The zero-order valence-electron chi connectivity index (χ0n) is 13.0. The Kier molecular flexibility index (Phi) is 5.15.